The number of imide groups is 1. The summed E-state index contributed by atoms with van der Waals surface area (Å²) in [5.74, 6) is -0.535. The molecule has 24 heavy (non-hydrogen) atoms. The molecule has 1 aliphatic heterocycles. The average molecular weight is 333 g/mol. The van der Waals surface area contributed by atoms with Crippen molar-refractivity contribution in [2.75, 3.05) is 32.8 Å². The topological polar surface area (TPSA) is 87.7 Å². The van der Waals surface area contributed by atoms with Crippen molar-refractivity contribution in [2.24, 2.45) is 0 Å². The molecule has 0 spiro atoms. The Morgan fingerprint density at radius 1 is 1.04 bits per heavy atom. The van der Waals surface area contributed by atoms with E-state index in [2.05, 4.69) is 10.6 Å². The summed E-state index contributed by atoms with van der Waals surface area (Å²) < 4.78 is 5.18. The van der Waals surface area contributed by atoms with Gasteiger partial charge in [-0.2, -0.15) is 0 Å². The molecule has 1 aromatic rings. The quantitative estimate of drug-likeness (QED) is 0.528. The highest BCUT2D eigenvalue weighted by molar-refractivity contribution is 6.21. The number of nitrogens with zero attached hydrogens (tertiary/aromatic N) is 1. The highest BCUT2D eigenvalue weighted by Crippen LogP contribution is 2.22. The molecule has 1 aliphatic rings. The van der Waals surface area contributed by atoms with Gasteiger partial charge in [0.2, 0.25) is 0 Å². The largest absolute Gasteiger partial charge is 0.382 e. The first-order chi connectivity index (χ1) is 11.6. The number of urea groups is 1. The van der Waals surface area contributed by atoms with Gasteiger partial charge in [-0.3, -0.25) is 14.5 Å². The van der Waals surface area contributed by atoms with Crippen molar-refractivity contribution in [2.45, 2.75) is 19.8 Å². The maximum atomic E-state index is 12.2. The van der Waals surface area contributed by atoms with E-state index in [1.165, 1.54) is 4.90 Å². The first-order valence-electron chi connectivity index (χ1n) is 8.19. The lowest BCUT2D eigenvalue weighted by molar-refractivity contribution is 0.0653. The van der Waals surface area contributed by atoms with Crippen LogP contribution in [0.4, 0.5) is 4.79 Å². The van der Waals surface area contributed by atoms with Crippen LogP contribution in [0.2, 0.25) is 0 Å². The number of hydrogen-bond donors (Lipinski definition) is 2. The Balaban J connectivity index is 1.64. The van der Waals surface area contributed by atoms with Crippen molar-refractivity contribution in [3.8, 4) is 0 Å². The third kappa shape index (κ3) is 4.55. The van der Waals surface area contributed by atoms with E-state index in [0.29, 0.717) is 43.9 Å². The molecular weight excluding hydrogens is 310 g/mol. The smallest absolute Gasteiger partial charge is 0.314 e. The van der Waals surface area contributed by atoms with E-state index in [1.807, 2.05) is 6.92 Å². The van der Waals surface area contributed by atoms with Gasteiger partial charge >= 0.3 is 6.03 Å². The predicted molar refractivity (Wildman–Crippen MR) is 88.9 cm³/mol. The van der Waals surface area contributed by atoms with Crippen LogP contribution in [0.25, 0.3) is 0 Å². The number of amides is 4. The van der Waals surface area contributed by atoms with Crippen LogP contribution in [0.15, 0.2) is 24.3 Å². The Hall–Kier alpha value is -2.41. The molecule has 2 N–H and O–H groups in total. The summed E-state index contributed by atoms with van der Waals surface area (Å²) in [6.07, 6.45) is 1.27. The molecule has 130 valence electrons. The number of hydrogen-bond acceptors (Lipinski definition) is 4. The van der Waals surface area contributed by atoms with Gasteiger partial charge in [0.1, 0.15) is 0 Å². The SMILES string of the molecule is CCOCCCNC(=O)NCCCN1C(=O)c2ccccc2C1=O. The van der Waals surface area contributed by atoms with E-state index in [0.717, 1.165) is 6.42 Å². The van der Waals surface area contributed by atoms with E-state index in [4.69, 9.17) is 4.74 Å². The number of carbonyl (C=O) groups is 3. The van der Waals surface area contributed by atoms with Crippen LogP contribution in [0.5, 0.6) is 0 Å². The summed E-state index contributed by atoms with van der Waals surface area (Å²) in [7, 11) is 0. The fraction of sp³-hybridized carbons (Fsp3) is 0.471. The molecule has 4 amide bonds. The van der Waals surface area contributed by atoms with Crippen LogP contribution in [0.1, 0.15) is 40.5 Å². The minimum atomic E-state index is -0.268. The van der Waals surface area contributed by atoms with Crippen molar-refractivity contribution in [3.05, 3.63) is 35.4 Å². The summed E-state index contributed by atoms with van der Waals surface area (Å²) in [6.45, 7) is 4.45. The van der Waals surface area contributed by atoms with Crippen LogP contribution in [0, 0.1) is 0 Å². The number of nitrogens with one attached hydrogen (secondary N) is 2. The summed E-state index contributed by atoms with van der Waals surface area (Å²) in [4.78, 5) is 37.1. The zero-order valence-electron chi connectivity index (χ0n) is 13.8. The zero-order chi connectivity index (χ0) is 17.4. The minimum Gasteiger partial charge on any atom is -0.382 e. The monoisotopic (exact) mass is 333 g/mol. The second-order valence-corrected chi connectivity index (χ2v) is 5.39. The van der Waals surface area contributed by atoms with Crippen LogP contribution >= 0.6 is 0 Å². The van der Waals surface area contributed by atoms with Crippen molar-refractivity contribution >= 4 is 17.8 Å². The Morgan fingerprint density at radius 2 is 1.62 bits per heavy atom. The molecule has 1 heterocycles. The van der Waals surface area contributed by atoms with Gasteiger partial charge in [0.05, 0.1) is 11.1 Å². The highest BCUT2D eigenvalue weighted by Gasteiger charge is 2.34. The molecule has 7 nitrogen and oxygen atoms in total. The Bertz CT molecular complexity index is 568. The number of ether oxygens (including phenoxy) is 1. The first-order valence-corrected chi connectivity index (χ1v) is 8.19. The molecule has 2 rings (SSSR count). The van der Waals surface area contributed by atoms with Gasteiger partial charge in [-0.1, -0.05) is 12.1 Å². The lowest BCUT2D eigenvalue weighted by Gasteiger charge is -2.14. The van der Waals surface area contributed by atoms with E-state index >= 15 is 0 Å². The molecule has 0 radical (unpaired) electrons. The van der Waals surface area contributed by atoms with Gasteiger partial charge in [-0.25, -0.2) is 4.79 Å². The van der Waals surface area contributed by atoms with Crippen molar-refractivity contribution in [1.82, 2.24) is 15.5 Å². The number of carbonyl (C=O) groups excluding carboxylic acids is 3. The molecular formula is C17H23N3O4. The van der Waals surface area contributed by atoms with Crippen LogP contribution < -0.4 is 10.6 Å². The van der Waals surface area contributed by atoms with E-state index < -0.39 is 0 Å². The van der Waals surface area contributed by atoms with Gasteiger partial charge in [-0.15, -0.1) is 0 Å². The molecule has 0 unspecified atom stereocenters. The molecule has 0 aromatic heterocycles. The fourth-order valence-electron chi connectivity index (χ4n) is 2.46. The van der Waals surface area contributed by atoms with Crippen LogP contribution in [-0.4, -0.2) is 55.6 Å². The van der Waals surface area contributed by atoms with Gasteiger partial charge in [-0.05, 0) is 31.9 Å². The van der Waals surface area contributed by atoms with Crippen molar-refractivity contribution in [1.29, 1.82) is 0 Å². The molecule has 0 bridgehead atoms. The first kappa shape index (κ1) is 17.9. The van der Waals surface area contributed by atoms with Crippen LogP contribution in [-0.2, 0) is 4.74 Å². The average Bonchev–Trinajstić information content (AvgIpc) is 2.83. The minimum absolute atomic E-state index is 0.256. The Kier molecular flexibility index (Phi) is 6.74. The van der Waals surface area contributed by atoms with E-state index in [-0.39, 0.29) is 24.4 Å². The van der Waals surface area contributed by atoms with E-state index in [1.54, 1.807) is 24.3 Å². The lowest BCUT2D eigenvalue weighted by Crippen LogP contribution is -2.38. The third-order valence-corrected chi connectivity index (χ3v) is 3.68. The molecule has 0 atom stereocenters. The summed E-state index contributed by atoms with van der Waals surface area (Å²) in [5, 5.41) is 5.43. The molecule has 0 fully saturated rings. The highest BCUT2D eigenvalue weighted by atomic mass is 16.5. The number of rotatable bonds is 9. The predicted octanol–water partition coefficient (Wildman–Crippen LogP) is 1.40. The molecule has 0 saturated heterocycles. The van der Waals surface area contributed by atoms with Crippen LogP contribution in [0.3, 0.4) is 0 Å². The lowest BCUT2D eigenvalue weighted by atomic mass is 10.1. The molecule has 0 aliphatic carbocycles. The normalized spacial score (nSPS) is 13.1. The Morgan fingerprint density at radius 3 is 2.21 bits per heavy atom. The Labute approximate surface area is 141 Å². The third-order valence-electron chi connectivity index (χ3n) is 3.68. The van der Waals surface area contributed by atoms with Gasteiger partial charge in [0.15, 0.2) is 0 Å². The van der Waals surface area contributed by atoms with Gasteiger partial charge < -0.3 is 15.4 Å². The molecule has 7 heteroatoms. The van der Waals surface area contributed by atoms with Crippen molar-refractivity contribution < 1.29 is 19.1 Å². The maximum Gasteiger partial charge on any atom is 0.314 e. The summed E-state index contributed by atoms with van der Waals surface area (Å²) >= 11 is 0. The second kappa shape index (κ2) is 9.02. The second-order valence-electron chi connectivity index (χ2n) is 5.39. The summed E-state index contributed by atoms with van der Waals surface area (Å²) in [6, 6.07) is 6.54. The standard InChI is InChI=1S/C17H23N3O4/c1-2-24-12-6-10-19-17(23)18-9-5-11-20-15(21)13-7-3-4-8-14(13)16(20)22/h3-4,7-8H,2,5-6,9-12H2,1H3,(H2,18,19,23). The summed E-state index contributed by atoms with van der Waals surface area (Å²) in [5.41, 5.74) is 0.894. The number of fused-ring (bicyclic) bond motifs is 1. The molecule has 1 aromatic carbocycles. The number of benzene rings is 1. The zero-order valence-corrected chi connectivity index (χ0v) is 13.8. The molecule has 0 saturated carbocycles. The van der Waals surface area contributed by atoms with Crippen molar-refractivity contribution in [3.63, 3.8) is 0 Å². The fourth-order valence-corrected chi connectivity index (χ4v) is 2.46. The maximum absolute atomic E-state index is 12.2. The van der Waals surface area contributed by atoms with Gasteiger partial charge in [0, 0.05) is 32.8 Å². The van der Waals surface area contributed by atoms with E-state index in [9.17, 15) is 14.4 Å². The van der Waals surface area contributed by atoms with Gasteiger partial charge in [0.25, 0.3) is 11.8 Å².